The third-order valence-corrected chi connectivity index (χ3v) is 3.87. The molecule has 1 heterocycles. The van der Waals surface area contributed by atoms with Crippen LogP contribution in [0.3, 0.4) is 0 Å². The summed E-state index contributed by atoms with van der Waals surface area (Å²) in [5.41, 5.74) is 1.07. The Hall–Kier alpha value is -3.76. The summed E-state index contributed by atoms with van der Waals surface area (Å²) in [4.78, 5) is 12.2. The Morgan fingerprint density at radius 1 is 1.13 bits per heavy atom. The number of nitrogens with zero attached hydrogens (tertiary/aromatic N) is 3. The highest BCUT2D eigenvalue weighted by Crippen LogP contribution is 2.31. The molecule has 0 saturated heterocycles. The highest BCUT2D eigenvalue weighted by molar-refractivity contribution is 5.89. The molecule has 3 aromatic rings. The zero-order chi connectivity index (χ0) is 21.6. The van der Waals surface area contributed by atoms with Gasteiger partial charge in [0.2, 0.25) is 0 Å². The van der Waals surface area contributed by atoms with Gasteiger partial charge in [-0.25, -0.2) is 4.79 Å². The van der Waals surface area contributed by atoms with E-state index in [0.717, 1.165) is 5.69 Å². The van der Waals surface area contributed by atoms with E-state index in [0.29, 0.717) is 5.82 Å². The Bertz CT molecular complexity index is 993. The van der Waals surface area contributed by atoms with Gasteiger partial charge < -0.3 is 20.1 Å². The van der Waals surface area contributed by atoms with Crippen molar-refractivity contribution in [2.24, 2.45) is 0 Å². The number of aromatic nitrogens is 3. The van der Waals surface area contributed by atoms with Gasteiger partial charge in [0.25, 0.3) is 0 Å². The molecule has 0 radical (unpaired) electrons. The minimum absolute atomic E-state index is 0.0777. The van der Waals surface area contributed by atoms with Gasteiger partial charge in [0.05, 0.1) is 13.7 Å². The van der Waals surface area contributed by atoms with Crippen LogP contribution in [-0.2, 0) is 6.54 Å². The number of urea groups is 1. The van der Waals surface area contributed by atoms with Gasteiger partial charge in [-0.2, -0.15) is 13.2 Å². The van der Waals surface area contributed by atoms with Crippen molar-refractivity contribution in [1.82, 2.24) is 20.1 Å². The van der Waals surface area contributed by atoms with Gasteiger partial charge in [0.1, 0.15) is 6.33 Å². The van der Waals surface area contributed by atoms with E-state index in [2.05, 4.69) is 20.8 Å². The molecule has 0 unspecified atom stereocenters. The summed E-state index contributed by atoms with van der Waals surface area (Å²) in [6.45, 7) is -1.40. The molecular formula is C19H18F3N5O3. The number of methoxy groups -OCH3 is 1. The van der Waals surface area contributed by atoms with Gasteiger partial charge in [-0.1, -0.05) is 18.2 Å². The molecule has 30 heavy (non-hydrogen) atoms. The van der Waals surface area contributed by atoms with Crippen molar-refractivity contribution in [3.63, 3.8) is 0 Å². The first kappa shape index (κ1) is 21.0. The fraction of sp³-hybridized carbons (Fsp3) is 0.211. The van der Waals surface area contributed by atoms with Crippen molar-refractivity contribution in [3.05, 3.63) is 60.7 Å². The molecule has 11 heteroatoms. The summed E-state index contributed by atoms with van der Waals surface area (Å²) in [5.74, 6) is 0.470. The maximum absolute atomic E-state index is 12.4. The van der Waals surface area contributed by atoms with Gasteiger partial charge in [-0.05, 0) is 24.3 Å². The van der Waals surface area contributed by atoms with Gasteiger partial charge in [-0.15, -0.1) is 10.2 Å². The summed E-state index contributed by atoms with van der Waals surface area (Å²) in [7, 11) is 1.30. The van der Waals surface area contributed by atoms with Crippen LogP contribution < -0.4 is 20.1 Å². The number of rotatable bonds is 7. The van der Waals surface area contributed by atoms with Gasteiger partial charge in [0, 0.05) is 17.4 Å². The molecule has 2 amide bonds. The lowest BCUT2D eigenvalue weighted by Crippen LogP contribution is -2.29. The number of hydrogen-bond acceptors (Lipinski definition) is 5. The van der Waals surface area contributed by atoms with Crippen LogP contribution in [0.25, 0.3) is 5.69 Å². The summed E-state index contributed by atoms with van der Waals surface area (Å²) in [5, 5.41) is 13.0. The number of carbonyl (C=O) groups excluding carboxylic acids is 1. The minimum atomic E-state index is -4.50. The second-order valence-electron chi connectivity index (χ2n) is 6.03. The van der Waals surface area contributed by atoms with E-state index in [4.69, 9.17) is 9.47 Å². The number of alkyl halides is 3. The molecule has 158 valence electrons. The van der Waals surface area contributed by atoms with Crippen LogP contribution in [0.15, 0.2) is 54.9 Å². The number of hydrogen-bond donors (Lipinski definition) is 2. The summed E-state index contributed by atoms with van der Waals surface area (Å²) < 4.78 is 48.7. The van der Waals surface area contributed by atoms with Crippen LogP contribution in [0.1, 0.15) is 5.82 Å². The predicted octanol–water partition coefficient (Wildman–Crippen LogP) is 3.54. The number of anilines is 1. The fourth-order valence-corrected chi connectivity index (χ4v) is 2.55. The molecule has 0 fully saturated rings. The maximum atomic E-state index is 12.4. The number of para-hydroxylation sites is 1. The van der Waals surface area contributed by atoms with Gasteiger partial charge >= 0.3 is 12.2 Å². The van der Waals surface area contributed by atoms with Crippen molar-refractivity contribution >= 4 is 11.7 Å². The molecule has 0 spiro atoms. The Balaban J connectivity index is 1.62. The standard InChI is InChI=1S/C19H18F3N5O3/c1-29-15-8-7-13(9-16(15)30-11-19(20,21)22)25-18(28)23-10-17-26-24-12-27(17)14-5-3-2-4-6-14/h2-9,12H,10-11H2,1H3,(H2,23,25,28). The monoisotopic (exact) mass is 421 g/mol. The lowest BCUT2D eigenvalue weighted by molar-refractivity contribution is -0.153. The second-order valence-corrected chi connectivity index (χ2v) is 6.03. The number of benzene rings is 2. The van der Waals surface area contributed by atoms with Crippen molar-refractivity contribution in [2.45, 2.75) is 12.7 Å². The lowest BCUT2D eigenvalue weighted by atomic mass is 10.2. The third-order valence-electron chi connectivity index (χ3n) is 3.87. The number of amides is 2. The van der Waals surface area contributed by atoms with E-state index < -0.39 is 18.8 Å². The second kappa shape index (κ2) is 9.16. The first-order chi connectivity index (χ1) is 14.4. The number of halogens is 3. The van der Waals surface area contributed by atoms with E-state index >= 15 is 0 Å². The Morgan fingerprint density at radius 2 is 1.90 bits per heavy atom. The SMILES string of the molecule is COc1ccc(NC(=O)NCc2nncn2-c2ccccc2)cc1OCC(F)(F)F. The largest absolute Gasteiger partial charge is 0.493 e. The molecule has 8 nitrogen and oxygen atoms in total. The average molecular weight is 421 g/mol. The molecule has 2 N–H and O–H groups in total. The van der Waals surface area contributed by atoms with Crippen LogP contribution in [0.4, 0.5) is 23.7 Å². The van der Waals surface area contributed by atoms with E-state index in [9.17, 15) is 18.0 Å². The van der Waals surface area contributed by atoms with E-state index in [1.165, 1.54) is 31.6 Å². The number of nitrogens with one attached hydrogen (secondary N) is 2. The summed E-state index contributed by atoms with van der Waals surface area (Å²) in [6, 6.07) is 12.9. The topological polar surface area (TPSA) is 90.3 Å². The van der Waals surface area contributed by atoms with E-state index in [-0.39, 0.29) is 23.7 Å². The van der Waals surface area contributed by atoms with Gasteiger partial charge in [-0.3, -0.25) is 4.57 Å². The van der Waals surface area contributed by atoms with Crippen molar-refractivity contribution in [3.8, 4) is 17.2 Å². The van der Waals surface area contributed by atoms with Crippen LogP contribution in [0.5, 0.6) is 11.5 Å². The molecule has 0 bridgehead atoms. The molecule has 0 aliphatic heterocycles. The van der Waals surface area contributed by atoms with E-state index in [1.807, 2.05) is 30.3 Å². The highest BCUT2D eigenvalue weighted by atomic mass is 19.4. The number of ether oxygens (including phenoxy) is 2. The van der Waals surface area contributed by atoms with Crippen molar-refractivity contribution in [1.29, 1.82) is 0 Å². The van der Waals surface area contributed by atoms with Crippen LogP contribution in [0.2, 0.25) is 0 Å². The molecule has 0 aliphatic rings. The zero-order valence-corrected chi connectivity index (χ0v) is 15.8. The average Bonchev–Trinajstić information content (AvgIpc) is 3.20. The Morgan fingerprint density at radius 3 is 2.60 bits per heavy atom. The van der Waals surface area contributed by atoms with E-state index in [1.54, 1.807) is 4.57 Å². The highest BCUT2D eigenvalue weighted by Gasteiger charge is 2.29. The Kier molecular flexibility index (Phi) is 6.40. The lowest BCUT2D eigenvalue weighted by Gasteiger charge is -2.14. The predicted molar refractivity (Wildman–Crippen MR) is 102 cm³/mol. The minimum Gasteiger partial charge on any atom is -0.493 e. The molecule has 3 rings (SSSR count). The molecule has 0 atom stereocenters. The maximum Gasteiger partial charge on any atom is 0.422 e. The smallest absolute Gasteiger partial charge is 0.422 e. The van der Waals surface area contributed by atoms with Gasteiger partial charge in [0.15, 0.2) is 23.9 Å². The third kappa shape index (κ3) is 5.63. The van der Waals surface area contributed by atoms with Crippen LogP contribution >= 0.6 is 0 Å². The molecular weight excluding hydrogens is 403 g/mol. The molecule has 0 aliphatic carbocycles. The van der Waals surface area contributed by atoms with Crippen LogP contribution in [-0.4, -0.2) is 40.7 Å². The Labute approximate surface area is 169 Å². The fourth-order valence-electron chi connectivity index (χ4n) is 2.55. The zero-order valence-electron chi connectivity index (χ0n) is 15.8. The first-order valence-corrected chi connectivity index (χ1v) is 8.72. The van der Waals surface area contributed by atoms with Crippen molar-refractivity contribution < 1.29 is 27.4 Å². The normalized spacial score (nSPS) is 11.1. The molecule has 1 aromatic heterocycles. The van der Waals surface area contributed by atoms with Crippen LogP contribution in [0, 0.1) is 0 Å². The quantitative estimate of drug-likeness (QED) is 0.609. The summed E-state index contributed by atoms with van der Waals surface area (Å²) in [6.07, 6.45) is -2.97. The molecule has 2 aromatic carbocycles. The number of carbonyl (C=O) groups is 1. The summed E-state index contributed by atoms with van der Waals surface area (Å²) >= 11 is 0. The molecule has 0 saturated carbocycles. The first-order valence-electron chi connectivity index (χ1n) is 8.72. The van der Waals surface area contributed by atoms with Crippen molar-refractivity contribution in [2.75, 3.05) is 19.0 Å².